The van der Waals surface area contributed by atoms with Crippen LogP contribution in [0, 0.1) is 0 Å². The van der Waals surface area contributed by atoms with E-state index in [0.717, 1.165) is 16.7 Å². The van der Waals surface area contributed by atoms with Crippen LogP contribution in [0.2, 0.25) is 0 Å². The third-order valence-corrected chi connectivity index (χ3v) is 7.21. The van der Waals surface area contributed by atoms with Crippen LogP contribution >= 0.6 is 12.2 Å². The van der Waals surface area contributed by atoms with E-state index in [0.29, 0.717) is 5.75 Å². The molecule has 0 bridgehead atoms. The fourth-order valence-electron chi connectivity index (χ4n) is 4.89. The van der Waals surface area contributed by atoms with Crippen LogP contribution in [0.4, 0.5) is 0 Å². The van der Waals surface area contributed by atoms with E-state index in [1.165, 1.54) is 0 Å². The monoisotopic (exact) mass is 586 g/mol. The lowest BCUT2D eigenvalue weighted by atomic mass is 9.84. The molecule has 0 amide bonds. The molecule has 1 fully saturated rings. The van der Waals surface area contributed by atoms with Gasteiger partial charge >= 0.3 is 5.24 Å². The number of para-hydroxylation sites is 1. The molecule has 6 atom stereocenters. The van der Waals surface area contributed by atoms with Gasteiger partial charge in [0.1, 0.15) is 36.3 Å². The number of rotatable bonds is 11. The van der Waals surface area contributed by atoms with Crippen LogP contribution in [0.25, 0.3) is 0 Å². The number of thiocarbonyl (C=S) groups is 1. The predicted octanol–water partition coefficient (Wildman–Crippen LogP) is 5.23. The Kier molecular flexibility index (Phi) is 10.7. The van der Waals surface area contributed by atoms with Crippen LogP contribution in [-0.4, -0.2) is 52.1 Å². The maximum absolute atomic E-state index is 11.6. The fourth-order valence-corrected chi connectivity index (χ4v) is 5.10. The summed E-state index contributed by atoms with van der Waals surface area (Å²) in [6.07, 6.45) is -6.55. The van der Waals surface area contributed by atoms with Crippen molar-refractivity contribution in [3.8, 4) is 5.75 Å². The Hall–Kier alpha value is -3.63. The number of aliphatic hydroxyl groups is 2. The van der Waals surface area contributed by atoms with Gasteiger partial charge in [-0.2, -0.15) is 0 Å². The summed E-state index contributed by atoms with van der Waals surface area (Å²) in [6, 6.07) is 37.7. The van der Waals surface area contributed by atoms with Gasteiger partial charge in [-0.05, 0) is 28.8 Å². The van der Waals surface area contributed by atoms with Crippen molar-refractivity contribution in [3.63, 3.8) is 0 Å². The molecule has 1 saturated carbocycles. The lowest BCUT2D eigenvalue weighted by Gasteiger charge is -2.46. The average Bonchev–Trinajstić information content (AvgIpc) is 3.02. The normalized spacial score (nSPS) is 23.7. The van der Waals surface area contributed by atoms with Gasteiger partial charge in [0.2, 0.25) is 0 Å². The summed E-state index contributed by atoms with van der Waals surface area (Å²) in [5, 5.41) is 23.0. The molecule has 0 radical (unpaired) electrons. The van der Waals surface area contributed by atoms with Gasteiger partial charge in [0.05, 0.1) is 19.8 Å². The predicted molar refractivity (Wildman–Crippen MR) is 162 cm³/mol. The van der Waals surface area contributed by atoms with Gasteiger partial charge in [-0.1, -0.05) is 109 Å². The van der Waals surface area contributed by atoms with E-state index >= 15 is 0 Å². The zero-order valence-corrected chi connectivity index (χ0v) is 23.8. The second kappa shape index (κ2) is 15.0. The minimum absolute atomic E-state index is 0.178. The van der Waals surface area contributed by atoms with Crippen molar-refractivity contribution in [2.24, 2.45) is 0 Å². The first-order valence-corrected chi connectivity index (χ1v) is 14.3. The summed E-state index contributed by atoms with van der Waals surface area (Å²) < 4.78 is 30.6. The zero-order chi connectivity index (χ0) is 29.1. The number of aliphatic hydroxyl groups excluding tert-OH is 2. The topological polar surface area (TPSA) is 86.6 Å². The molecule has 0 aliphatic heterocycles. The van der Waals surface area contributed by atoms with E-state index in [4.69, 9.17) is 35.9 Å². The molecule has 0 heterocycles. The van der Waals surface area contributed by atoms with Gasteiger partial charge in [0.15, 0.2) is 6.10 Å². The fraction of sp³-hybridized carbons (Fsp3) is 0.265. The number of hydrogen-bond donors (Lipinski definition) is 2. The first-order valence-electron chi connectivity index (χ1n) is 13.8. The number of ether oxygens (including phenoxy) is 5. The number of hydrogen-bond acceptors (Lipinski definition) is 8. The number of benzene rings is 4. The second-order valence-electron chi connectivity index (χ2n) is 10.0. The Morgan fingerprint density at radius 2 is 0.857 bits per heavy atom. The van der Waals surface area contributed by atoms with Gasteiger partial charge < -0.3 is 33.9 Å². The highest BCUT2D eigenvalue weighted by atomic mass is 32.1. The smallest absolute Gasteiger partial charge is 0.358 e. The highest BCUT2D eigenvalue weighted by Gasteiger charge is 2.54. The molecule has 218 valence electrons. The van der Waals surface area contributed by atoms with Crippen molar-refractivity contribution in [3.05, 3.63) is 138 Å². The van der Waals surface area contributed by atoms with Crippen molar-refractivity contribution in [2.45, 2.75) is 56.4 Å². The van der Waals surface area contributed by atoms with Crippen LogP contribution in [-0.2, 0) is 38.8 Å². The minimum Gasteiger partial charge on any atom is -0.447 e. The SMILES string of the molecule is O[C@@H]1C(OCc2ccccc2)[C@H](O)[C@@H](OCc2ccccc2)C(OC(=S)Oc2ccccc2)[C@@H]1OCc1ccccc1. The van der Waals surface area contributed by atoms with E-state index in [1.54, 1.807) is 12.1 Å². The van der Waals surface area contributed by atoms with E-state index in [9.17, 15) is 10.2 Å². The molecule has 0 saturated heterocycles. The third kappa shape index (κ3) is 8.01. The summed E-state index contributed by atoms with van der Waals surface area (Å²) in [4.78, 5) is 0. The summed E-state index contributed by atoms with van der Waals surface area (Å²) in [7, 11) is 0. The zero-order valence-electron chi connectivity index (χ0n) is 23.0. The van der Waals surface area contributed by atoms with Gasteiger partial charge in [-0.3, -0.25) is 0 Å². The van der Waals surface area contributed by atoms with Crippen LogP contribution in [0.3, 0.4) is 0 Å². The van der Waals surface area contributed by atoms with E-state index < -0.39 is 36.6 Å². The van der Waals surface area contributed by atoms with Crippen molar-refractivity contribution in [2.75, 3.05) is 0 Å². The molecular formula is C34H34O7S. The van der Waals surface area contributed by atoms with Crippen molar-refractivity contribution in [1.82, 2.24) is 0 Å². The molecule has 8 heteroatoms. The molecule has 2 N–H and O–H groups in total. The largest absolute Gasteiger partial charge is 0.447 e. The highest BCUT2D eigenvalue weighted by Crippen LogP contribution is 2.32. The maximum atomic E-state index is 11.6. The molecule has 4 aromatic rings. The van der Waals surface area contributed by atoms with Crippen LogP contribution < -0.4 is 4.74 Å². The van der Waals surface area contributed by atoms with Crippen molar-refractivity contribution >= 4 is 17.5 Å². The molecular weight excluding hydrogens is 552 g/mol. The quantitative estimate of drug-likeness (QED) is 0.231. The standard InChI is InChI=1S/C34H34O7S/c35-28-30(37-21-24-13-5-1-6-14-24)29(36)32(39-23-26-17-9-3-10-18-26)33(31(28)38-22-25-15-7-2-8-16-25)41-34(42)40-27-19-11-4-12-20-27/h1-20,28-33,35-36H,21-23H2/t28-,29+,30?,31-,32-,33?/m1/s1. The molecule has 4 aromatic carbocycles. The minimum atomic E-state index is -1.27. The summed E-state index contributed by atoms with van der Waals surface area (Å²) in [6.45, 7) is 0.542. The second-order valence-corrected chi connectivity index (χ2v) is 10.3. The molecule has 2 unspecified atom stereocenters. The Morgan fingerprint density at radius 1 is 0.500 bits per heavy atom. The van der Waals surface area contributed by atoms with Gasteiger partial charge in [-0.25, -0.2) is 0 Å². The van der Waals surface area contributed by atoms with Crippen LogP contribution in [0.15, 0.2) is 121 Å². The van der Waals surface area contributed by atoms with Crippen molar-refractivity contribution in [1.29, 1.82) is 0 Å². The summed E-state index contributed by atoms with van der Waals surface area (Å²) in [5.74, 6) is 0.493. The van der Waals surface area contributed by atoms with Gasteiger partial charge in [-0.15, -0.1) is 0 Å². The summed E-state index contributed by atoms with van der Waals surface area (Å²) >= 11 is 5.45. The van der Waals surface area contributed by atoms with Gasteiger partial charge in [0.25, 0.3) is 0 Å². The first-order chi connectivity index (χ1) is 20.6. The molecule has 1 aliphatic rings. The average molecular weight is 587 g/mol. The van der Waals surface area contributed by atoms with E-state index in [-0.39, 0.29) is 25.1 Å². The van der Waals surface area contributed by atoms with Crippen LogP contribution in [0.1, 0.15) is 16.7 Å². The first kappa shape index (κ1) is 29.8. The lowest BCUT2D eigenvalue weighted by Crippen LogP contribution is -2.66. The maximum Gasteiger partial charge on any atom is 0.358 e. The third-order valence-electron chi connectivity index (χ3n) is 7.03. The molecule has 5 rings (SSSR count). The molecule has 0 aromatic heterocycles. The summed E-state index contributed by atoms with van der Waals surface area (Å²) in [5.41, 5.74) is 2.71. The molecule has 7 nitrogen and oxygen atoms in total. The Balaban J connectivity index is 1.42. The van der Waals surface area contributed by atoms with Crippen molar-refractivity contribution < 1.29 is 33.9 Å². The molecule has 0 spiro atoms. The lowest BCUT2D eigenvalue weighted by molar-refractivity contribution is -0.259. The Bertz CT molecular complexity index is 1300. The Labute approximate surface area is 251 Å². The molecule has 42 heavy (non-hydrogen) atoms. The van der Waals surface area contributed by atoms with E-state index in [2.05, 4.69) is 0 Å². The highest BCUT2D eigenvalue weighted by molar-refractivity contribution is 7.79. The Morgan fingerprint density at radius 3 is 1.26 bits per heavy atom. The van der Waals surface area contributed by atoms with Gasteiger partial charge in [0, 0.05) is 12.2 Å². The van der Waals surface area contributed by atoms with E-state index in [1.807, 2.05) is 109 Å². The molecule has 1 aliphatic carbocycles. The van der Waals surface area contributed by atoms with Crippen LogP contribution in [0.5, 0.6) is 5.75 Å².